The fourth-order valence-corrected chi connectivity index (χ4v) is 2.77. The predicted octanol–water partition coefficient (Wildman–Crippen LogP) is 1.53. The smallest absolute Gasteiger partial charge is 0.326 e. The van der Waals surface area contributed by atoms with Crippen molar-refractivity contribution in [2.45, 2.75) is 38.3 Å². The molecule has 0 aliphatic heterocycles. The maximum Gasteiger partial charge on any atom is 0.326 e. The molecule has 2 N–H and O–H groups in total. The summed E-state index contributed by atoms with van der Waals surface area (Å²) in [5.41, 5.74) is 0.938. The molecule has 0 bridgehead atoms. The second-order valence-electron chi connectivity index (χ2n) is 5.76. The number of carboxylic acids is 1. The van der Waals surface area contributed by atoms with E-state index in [0.29, 0.717) is 19.3 Å². The molecule has 0 saturated heterocycles. The van der Waals surface area contributed by atoms with Crippen LogP contribution in [0.2, 0.25) is 0 Å². The van der Waals surface area contributed by atoms with Gasteiger partial charge in [-0.05, 0) is 24.3 Å². The number of hydrogen-bond donors (Lipinski definition) is 2. The average molecular weight is 319 g/mol. The Labute approximate surface area is 134 Å². The quantitative estimate of drug-likeness (QED) is 0.795. The van der Waals surface area contributed by atoms with Crippen molar-refractivity contribution in [1.82, 2.24) is 5.32 Å². The number of amides is 1. The van der Waals surface area contributed by atoms with E-state index in [2.05, 4.69) is 5.32 Å². The molecular formula is C17H21NO5. The van der Waals surface area contributed by atoms with Gasteiger partial charge in [0.15, 0.2) is 0 Å². The Morgan fingerprint density at radius 3 is 2.70 bits per heavy atom. The average Bonchev–Trinajstić information content (AvgIpc) is 2.53. The minimum Gasteiger partial charge on any atom is -0.480 e. The maximum absolute atomic E-state index is 11.9. The number of Topliss-reactive ketones (excluding diaryl/α,β-unsaturated/α-hetero) is 1. The van der Waals surface area contributed by atoms with Crippen LogP contribution < -0.4 is 5.32 Å². The van der Waals surface area contributed by atoms with Crippen LogP contribution in [0.1, 0.15) is 31.2 Å². The summed E-state index contributed by atoms with van der Waals surface area (Å²) in [7, 11) is 0. The highest BCUT2D eigenvalue weighted by Gasteiger charge is 2.33. The van der Waals surface area contributed by atoms with Gasteiger partial charge in [0.25, 0.3) is 0 Å². The molecule has 0 unspecified atom stereocenters. The lowest BCUT2D eigenvalue weighted by Gasteiger charge is -2.27. The van der Waals surface area contributed by atoms with E-state index < -0.39 is 17.9 Å². The third-order valence-corrected chi connectivity index (χ3v) is 3.92. The SMILES string of the molecule is O=C1CCC[C@@H]([C@H](NC(=O)COCc2ccccc2)C(=O)O)C1. The van der Waals surface area contributed by atoms with E-state index in [0.717, 1.165) is 5.56 Å². The molecule has 6 nitrogen and oxygen atoms in total. The number of aliphatic carboxylic acids is 1. The lowest BCUT2D eigenvalue weighted by atomic mass is 9.83. The van der Waals surface area contributed by atoms with Crippen LogP contribution in [0.3, 0.4) is 0 Å². The summed E-state index contributed by atoms with van der Waals surface area (Å²) >= 11 is 0. The summed E-state index contributed by atoms with van der Waals surface area (Å²) in [6.07, 6.45) is 2.01. The van der Waals surface area contributed by atoms with Gasteiger partial charge in [-0.3, -0.25) is 9.59 Å². The molecule has 1 fully saturated rings. The van der Waals surface area contributed by atoms with Gasteiger partial charge in [-0.25, -0.2) is 4.79 Å². The summed E-state index contributed by atoms with van der Waals surface area (Å²) in [5.74, 6) is -1.87. The predicted molar refractivity (Wildman–Crippen MR) is 82.6 cm³/mol. The summed E-state index contributed by atoms with van der Waals surface area (Å²) in [4.78, 5) is 34.7. The number of carbonyl (C=O) groups excluding carboxylic acids is 2. The van der Waals surface area contributed by atoms with E-state index in [1.165, 1.54) is 0 Å². The number of carboxylic acid groups (broad SMARTS) is 1. The molecule has 1 amide bonds. The molecule has 0 spiro atoms. The second kappa shape index (κ2) is 8.43. The maximum atomic E-state index is 11.9. The molecule has 2 rings (SSSR count). The first-order valence-corrected chi connectivity index (χ1v) is 7.72. The Morgan fingerprint density at radius 1 is 1.30 bits per heavy atom. The van der Waals surface area contributed by atoms with Gasteiger partial charge in [0.2, 0.25) is 5.91 Å². The van der Waals surface area contributed by atoms with E-state index in [1.54, 1.807) is 0 Å². The molecule has 1 aromatic carbocycles. The van der Waals surface area contributed by atoms with Crippen molar-refractivity contribution in [1.29, 1.82) is 0 Å². The topological polar surface area (TPSA) is 92.7 Å². The lowest BCUT2D eigenvalue weighted by Crippen LogP contribution is -2.48. The van der Waals surface area contributed by atoms with Gasteiger partial charge in [0, 0.05) is 12.8 Å². The second-order valence-corrected chi connectivity index (χ2v) is 5.76. The molecule has 124 valence electrons. The standard InChI is InChI=1S/C17H21NO5/c19-14-8-4-7-13(9-14)16(17(21)22)18-15(20)11-23-10-12-5-2-1-3-6-12/h1-3,5-6,13,16H,4,7-11H2,(H,18,20)(H,21,22)/t13-,16+/m1/s1. The number of rotatable bonds is 7. The van der Waals surface area contributed by atoms with E-state index in [-0.39, 0.29) is 31.3 Å². The van der Waals surface area contributed by atoms with Crippen LogP contribution in [0.15, 0.2) is 30.3 Å². The number of benzene rings is 1. The van der Waals surface area contributed by atoms with Gasteiger partial charge in [0.05, 0.1) is 6.61 Å². The van der Waals surface area contributed by atoms with E-state index in [9.17, 15) is 19.5 Å². The highest BCUT2D eigenvalue weighted by Crippen LogP contribution is 2.24. The van der Waals surface area contributed by atoms with Crippen LogP contribution in [-0.2, 0) is 25.7 Å². The van der Waals surface area contributed by atoms with Gasteiger partial charge >= 0.3 is 5.97 Å². The molecule has 1 aliphatic carbocycles. The normalized spacial score (nSPS) is 19.1. The molecule has 1 aromatic rings. The zero-order chi connectivity index (χ0) is 16.7. The molecular weight excluding hydrogens is 298 g/mol. The van der Waals surface area contributed by atoms with Crippen LogP contribution in [0.25, 0.3) is 0 Å². The van der Waals surface area contributed by atoms with Crippen molar-refractivity contribution >= 4 is 17.7 Å². The number of carbonyl (C=O) groups is 3. The lowest BCUT2D eigenvalue weighted by molar-refractivity contribution is -0.145. The van der Waals surface area contributed by atoms with Crippen LogP contribution in [0.4, 0.5) is 0 Å². The van der Waals surface area contributed by atoms with Crippen molar-refractivity contribution in [3.63, 3.8) is 0 Å². The van der Waals surface area contributed by atoms with Gasteiger partial charge < -0.3 is 15.2 Å². The largest absolute Gasteiger partial charge is 0.480 e. The fraction of sp³-hybridized carbons (Fsp3) is 0.471. The first kappa shape index (κ1) is 17.1. The minimum absolute atomic E-state index is 0.0575. The Hall–Kier alpha value is -2.21. The molecule has 0 heterocycles. The molecule has 23 heavy (non-hydrogen) atoms. The van der Waals surface area contributed by atoms with E-state index >= 15 is 0 Å². The van der Waals surface area contributed by atoms with Gasteiger partial charge in [-0.1, -0.05) is 30.3 Å². The Kier molecular flexibility index (Phi) is 6.29. The molecule has 0 radical (unpaired) electrons. The van der Waals surface area contributed by atoms with Gasteiger partial charge in [-0.2, -0.15) is 0 Å². The van der Waals surface area contributed by atoms with E-state index in [4.69, 9.17) is 4.74 Å². The Balaban J connectivity index is 1.81. The van der Waals surface area contributed by atoms with Gasteiger partial charge in [0.1, 0.15) is 18.4 Å². The molecule has 1 aliphatic rings. The fourth-order valence-electron chi connectivity index (χ4n) is 2.77. The summed E-state index contributed by atoms with van der Waals surface area (Å²) in [6.45, 7) is 0.0766. The van der Waals surface area contributed by atoms with Crippen molar-refractivity contribution < 1.29 is 24.2 Å². The third kappa shape index (κ3) is 5.49. The van der Waals surface area contributed by atoms with Crippen LogP contribution in [-0.4, -0.2) is 35.4 Å². The summed E-state index contributed by atoms with van der Waals surface area (Å²) < 4.78 is 5.30. The molecule has 1 saturated carbocycles. The van der Waals surface area contributed by atoms with Crippen molar-refractivity contribution in [3.05, 3.63) is 35.9 Å². The molecule has 0 aromatic heterocycles. The first-order chi connectivity index (χ1) is 11.1. The monoisotopic (exact) mass is 319 g/mol. The van der Waals surface area contributed by atoms with E-state index in [1.807, 2.05) is 30.3 Å². The molecule has 6 heteroatoms. The number of nitrogens with one attached hydrogen (secondary N) is 1. The highest BCUT2D eigenvalue weighted by molar-refractivity contribution is 5.86. The van der Waals surface area contributed by atoms with Crippen LogP contribution in [0, 0.1) is 5.92 Å². The molecule has 2 atom stereocenters. The Morgan fingerprint density at radius 2 is 2.04 bits per heavy atom. The Bertz CT molecular complexity index is 557. The van der Waals surface area contributed by atoms with Crippen molar-refractivity contribution in [2.24, 2.45) is 5.92 Å². The number of hydrogen-bond acceptors (Lipinski definition) is 4. The van der Waals surface area contributed by atoms with Crippen molar-refractivity contribution in [3.8, 4) is 0 Å². The van der Waals surface area contributed by atoms with Gasteiger partial charge in [-0.15, -0.1) is 0 Å². The van der Waals surface area contributed by atoms with Crippen LogP contribution >= 0.6 is 0 Å². The number of ether oxygens (including phenoxy) is 1. The summed E-state index contributed by atoms with van der Waals surface area (Å²) in [5, 5.41) is 11.8. The highest BCUT2D eigenvalue weighted by atomic mass is 16.5. The zero-order valence-electron chi connectivity index (χ0n) is 12.9. The van der Waals surface area contributed by atoms with Crippen LogP contribution in [0.5, 0.6) is 0 Å². The van der Waals surface area contributed by atoms with Crippen molar-refractivity contribution in [2.75, 3.05) is 6.61 Å². The minimum atomic E-state index is -1.11. The number of ketones is 1. The first-order valence-electron chi connectivity index (χ1n) is 7.72. The third-order valence-electron chi connectivity index (χ3n) is 3.92. The zero-order valence-corrected chi connectivity index (χ0v) is 12.9. The summed E-state index contributed by atoms with van der Waals surface area (Å²) in [6, 6.07) is 8.36.